The molecular weight excluding hydrogens is 464 g/mol. The molecule has 34 heavy (non-hydrogen) atoms. The van der Waals surface area contributed by atoms with Crippen molar-refractivity contribution in [3.8, 4) is 0 Å². The van der Waals surface area contributed by atoms with Gasteiger partial charge in [0.2, 0.25) is 18.2 Å². The number of hydrogen-bond acceptors (Lipinski definition) is 7. The molecule has 5 N–H and O–H groups in total. The molecule has 14 heteroatoms. The first-order valence-electron chi connectivity index (χ1n) is 10.3. The summed E-state index contributed by atoms with van der Waals surface area (Å²) in [7, 11) is 0. The first-order valence-corrected chi connectivity index (χ1v) is 10.3. The van der Waals surface area contributed by atoms with Crippen LogP contribution in [0.2, 0.25) is 0 Å². The van der Waals surface area contributed by atoms with Crippen LogP contribution in [0.4, 0.5) is 13.6 Å². The molecule has 0 aliphatic carbocycles. The topological polar surface area (TPSA) is 188 Å². The molecule has 1 unspecified atom stereocenters. The fourth-order valence-electron chi connectivity index (χ4n) is 2.64. The average Bonchev–Trinajstić information content (AvgIpc) is 2.62. The van der Waals surface area contributed by atoms with Crippen molar-refractivity contribution in [1.29, 1.82) is 0 Å². The van der Waals surface area contributed by atoms with Gasteiger partial charge in [0.1, 0.15) is 23.7 Å². The number of nitrogens with one attached hydrogen (secondary N) is 3. The SMILES string of the molecule is CC(C)C[C@H](NC(=O)[C@H](CC(=O)O)NC(=O)OC(C)(C)C)C(=O)NC(CC(F)F)C(=O)C(=O)O. The minimum Gasteiger partial charge on any atom is -0.481 e. The zero-order valence-electron chi connectivity index (χ0n) is 19.5. The van der Waals surface area contributed by atoms with Crippen molar-refractivity contribution in [3.63, 3.8) is 0 Å². The van der Waals surface area contributed by atoms with Gasteiger partial charge >= 0.3 is 18.0 Å². The second-order valence-electron chi connectivity index (χ2n) is 8.84. The van der Waals surface area contributed by atoms with Crippen molar-refractivity contribution in [2.24, 2.45) is 5.92 Å². The van der Waals surface area contributed by atoms with Gasteiger partial charge in [-0.15, -0.1) is 0 Å². The molecule has 0 bridgehead atoms. The van der Waals surface area contributed by atoms with Gasteiger partial charge in [0, 0.05) is 6.42 Å². The van der Waals surface area contributed by atoms with E-state index in [2.05, 4.69) is 10.6 Å². The minimum atomic E-state index is -3.11. The van der Waals surface area contributed by atoms with Crippen LogP contribution in [0.1, 0.15) is 53.9 Å². The molecule has 0 saturated heterocycles. The normalized spacial score (nSPS) is 14.0. The molecular formula is C20H31F2N3O9. The van der Waals surface area contributed by atoms with Gasteiger partial charge in [-0.2, -0.15) is 0 Å². The Bertz CT molecular complexity index is 782. The molecule has 0 aliphatic rings. The summed E-state index contributed by atoms with van der Waals surface area (Å²) in [6.45, 7) is 7.92. The Morgan fingerprint density at radius 2 is 1.32 bits per heavy atom. The zero-order chi connectivity index (χ0) is 26.8. The van der Waals surface area contributed by atoms with Crippen molar-refractivity contribution in [2.75, 3.05) is 0 Å². The molecule has 0 rings (SSSR count). The van der Waals surface area contributed by atoms with E-state index < -0.39 is 78.6 Å². The lowest BCUT2D eigenvalue weighted by Gasteiger charge is -2.26. The highest BCUT2D eigenvalue weighted by atomic mass is 19.3. The fourth-order valence-corrected chi connectivity index (χ4v) is 2.64. The molecule has 0 aromatic rings. The van der Waals surface area contributed by atoms with E-state index in [4.69, 9.17) is 14.9 Å². The molecule has 0 spiro atoms. The number of ketones is 1. The maximum absolute atomic E-state index is 12.8. The highest BCUT2D eigenvalue weighted by Gasteiger charge is 2.34. The lowest BCUT2D eigenvalue weighted by molar-refractivity contribution is -0.151. The lowest BCUT2D eigenvalue weighted by atomic mass is 10.0. The highest BCUT2D eigenvalue weighted by Crippen LogP contribution is 2.11. The van der Waals surface area contributed by atoms with E-state index in [0.29, 0.717) is 0 Å². The number of carbonyl (C=O) groups is 6. The molecule has 194 valence electrons. The summed E-state index contributed by atoms with van der Waals surface area (Å²) in [5, 5.41) is 24.1. The summed E-state index contributed by atoms with van der Waals surface area (Å²) in [5.41, 5.74) is -0.954. The minimum absolute atomic E-state index is 0.0769. The Hall–Kier alpha value is -3.32. The number of carbonyl (C=O) groups excluding carboxylic acids is 4. The van der Waals surface area contributed by atoms with Gasteiger partial charge in [-0.25, -0.2) is 18.4 Å². The predicted octanol–water partition coefficient (Wildman–Crippen LogP) is 0.679. The van der Waals surface area contributed by atoms with Crippen molar-refractivity contribution < 1.29 is 52.5 Å². The predicted molar refractivity (Wildman–Crippen MR) is 112 cm³/mol. The molecule has 0 fully saturated rings. The van der Waals surface area contributed by atoms with Crippen molar-refractivity contribution in [3.05, 3.63) is 0 Å². The van der Waals surface area contributed by atoms with Gasteiger partial charge in [-0.3, -0.25) is 19.2 Å². The van der Waals surface area contributed by atoms with E-state index >= 15 is 0 Å². The number of aliphatic carboxylic acids is 2. The zero-order valence-corrected chi connectivity index (χ0v) is 19.5. The molecule has 0 heterocycles. The van der Waals surface area contributed by atoms with Crippen LogP contribution in [0.15, 0.2) is 0 Å². The highest BCUT2D eigenvalue weighted by molar-refractivity contribution is 6.35. The van der Waals surface area contributed by atoms with Crippen LogP contribution in [-0.2, 0) is 28.7 Å². The van der Waals surface area contributed by atoms with Crippen molar-refractivity contribution in [2.45, 2.75) is 84.0 Å². The number of alkyl carbamates (subject to hydrolysis) is 1. The van der Waals surface area contributed by atoms with Gasteiger partial charge < -0.3 is 30.9 Å². The quantitative estimate of drug-likeness (QED) is 0.229. The Labute approximate surface area is 194 Å². The molecule has 12 nitrogen and oxygen atoms in total. The molecule has 3 amide bonds. The van der Waals surface area contributed by atoms with Crippen LogP contribution in [0.3, 0.4) is 0 Å². The van der Waals surface area contributed by atoms with E-state index in [1.54, 1.807) is 13.8 Å². The average molecular weight is 495 g/mol. The lowest BCUT2D eigenvalue weighted by Crippen LogP contribution is -2.57. The second-order valence-corrected chi connectivity index (χ2v) is 8.84. The molecule has 0 radical (unpaired) electrons. The Morgan fingerprint density at radius 3 is 1.74 bits per heavy atom. The summed E-state index contributed by atoms with van der Waals surface area (Å²) in [5.74, 6) is -7.63. The molecule has 3 atom stereocenters. The van der Waals surface area contributed by atoms with E-state index in [9.17, 15) is 37.5 Å². The Morgan fingerprint density at radius 1 is 0.824 bits per heavy atom. The number of alkyl halides is 2. The van der Waals surface area contributed by atoms with E-state index in [1.807, 2.05) is 5.32 Å². The van der Waals surface area contributed by atoms with Crippen LogP contribution < -0.4 is 16.0 Å². The largest absolute Gasteiger partial charge is 0.481 e. The standard InChI is InChI=1S/C20H31F2N3O9/c1-9(2)6-11(16(29)23-10(7-13(21)22)15(28)18(31)32)24-17(30)12(8-14(26)27)25-19(33)34-20(3,4)5/h9-13H,6-8H2,1-5H3,(H,23,29)(H,24,30)(H,25,33)(H,26,27)(H,31,32)/t10?,11-,12-/m0/s1. The van der Waals surface area contributed by atoms with E-state index in [1.165, 1.54) is 20.8 Å². The molecule has 0 aromatic heterocycles. The summed E-state index contributed by atoms with van der Waals surface area (Å²) >= 11 is 0. The van der Waals surface area contributed by atoms with E-state index in [-0.39, 0.29) is 12.3 Å². The van der Waals surface area contributed by atoms with Crippen LogP contribution >= 0.6 is 0 Å². The molecule has 0 aromatic carbocycles. The van der Waals surface area contributed by atoms with Crippen molar-refractivity contribution >= 4 is 35.6 Å². The number of halogens is 2. The number of amides is 3. The number of hydrogen-bond donors (Lipinski definition) is 5. The Balaban J connectivity index is 5.66. The first-order chi connectivity index (χ1) is 15.4. The van der Waals surface area contributed by atoms with Crippen LogP contribution in [0, 0.1) is 5.92 Å². The van der Waals surface area contributed by atoms with E-state index in [0.717, 1.165) is 0 Å². The number of ether oxygens (including phenoxy) is 1. The number of carboxylic acids is 2. The summed E-state index contributed by atoms with van der Waals surface area (Å²) in [4.78, 5) is 71.0. The maximum atomic E-state index is 12.8. The number of Topliss-reactive ketones (excluding diaryl/α,β-unsaturated/α-hetero) is 1. The summed E-state index contributed by atoms with van der Waals surface area (Å²) < 4.78 is 30.5. The third kappa shape index (κ3) is 12.6. The third-order valence-electron chi connectivity index (χ3n) is 3.98. The fraction of sp³-hybridized carbons (Fsp3) is 0.700. The van der Waals surface area contributed by atoms with Gasteiger partial charge in [-0.1, -0.05) is 13.8 Å². The monoisotopic (exact) mass is 495 g/mol. The van der Waals surface area contributed by atoms with Crippen molar-refractivity contribution in [1.82, 2.24) is 16.0 Å². The third-order valence-corrected chi connectivity index (χ3v) is 3.98. The van der Waals surface area contributed by atoms with Crippen LogP contribution in [0.25, 0.3) is 0 Å². The maximum Gasteiger partial charge on any atom is 0.408 e. The van der Waals surface area contributed by atoms with Crippen LogP contribution in [0.5, 0.6) is 0 Å². The molecule has 0 saturated carbocycles. The first kappa shape index (κ1) is 30.7. The second kappa shape index (κ2) is 13.4. The number of carboxylic acid groups (broad SMARTS) is 2. The van der Waals surface area contributed by atoms with Gasteiger partial charge in [0.15, 0.2) is 0 Å². The van der Waals surface area contributed by atoms with Gasteiger partial charge in [0.25, 0.3) is 5.78 Å². The Kier molecular flexibility index (Phi) is 12.1. The van der Waals surface area contributed by atoms with Gasteiger partial charge in [-0.05, 0) is 33.1 Å². The molecule has 0 aliphatic heterocycles. The summed E-state index contributed by atoms with van der Waals surface area (Å²) in [6, 6.07) is -5.16. The smallest absolute Gasteiger partial charge is 0.408 e. The summed E-state index contributed by atoms with van der Waals surface area (Å²) in [6.07, 6.45) is -6.41. The van der Waals surface area contributed by atoms with Crippen LogP contribution in [-0.4, -0.2) is 76.0 Å². The number of rotatable bonds is 13. The van der Waals surface area contributed by atoms with Gasteiger partial charge in [0.05, 0.1) is 6.42 Å².